The van der Waals surface area contributed by atoms with Crippen LogP contribution >= 0.6 is 0 Å². The third-order valence-electron chi connectivity index (χ3n) is 2.25. The first-order valence-corrected chi connectivity index (χ1v) is 5.12. The molecule has 0 spiro atoms. The minimum Gasteiger partial charge on any atom is -0.336 e. The zero-order valence-electron chi connectivity index (χ0n) is 9.60. The van der Waals surface area contributed by atoms with Crippen LogP contribution in [0, 0.1) is 5.41 Å². The van der Waals surface area contributed by atoms with Crippen molar-refractivity contribution < 1.29 is 9.63 Å². The molecule has 4 nitrogen and oxygen atoms in total. The summed E-state index contributed by atoms with van der Waals surface area (Å²) in [5.74, 6) is -0.270. The van der Waals surface area contributed by atoms with Gasteiger partial charge >= 0.3 is 5.97 Å². The highest BCUT2D eigenvalue weighted by Gasteiger charge is 2.24. The second kappa shape index (κ2) is 3.63. The van der Waals surface area contributed by atoms with Gasteiger partial charge in [0, 0.05) is 17.8 Å². The Bertz CT molecular complexity index is 523. The number of hydrogen-bond acceptors (Lipinski definition) is 3. The number of hydrogen-bond donors (Lipinski definition) is 0. The minimum atomic E-state index is -0.515. The van der Waals surface area contributed by atoms with E-state index in [2.05, 4.69) is 4.98 Å². The number of pyridine rings is 1. The second-order valence-corrected chi connectivity index (χ2v) is 4.70. The van der Waals surface area contributed by atoms with E-state index in [-0.39, 0.29) is 5.97 Å². The molecule has 0 saturated heterocycles. The zero-order chi connectivity index (χ0) is 11.8. The lowest BCUT2D eigenvalue weighted by Gasteiger charge is -2.16. The summed E-state index contributed by atoms with van der Waals surface area (Å²) in [7, 11) is 0. The molecule has 84 valence electrons. The SMILES string of the molecule is CC(C)(C)C(=O)On1ccc2ccncc21. The highest BCUT2D eigenvalue weighted by atomic mass is 16.7. The van der Waals surface area contributed by atoms with Gasteiger partial charge in [-0.05, 0) is 32.9 Å². The highest BCUT2D eigenvalue weighted by Crippen LogP contribution is 2.16. The lowest BCUT2D eigenvalue weighted by Crippen LogP contribution is -2.30. The predicted octanol–water partition coefficient (Wildman–Crippen LogP) is 2.04. The molecule has 0 aliphatic heterocycles. The van der Waals surface area contributed by atoms with Crippen molar-refractivity contribution in [2.75, 3.05) is 0 Å². The molecular weight excluding hydrogens is 204 g/mol. The molecule has 0 aliphatic rings. The van der Waals surface area contributed by atoms with Crippen molar-refractivity contribution in [1.29, 1.82) is 0 Å². The van der Waals surface area contributed by atoms with Crippen LogP contribution in [0.15, 0.2) is 30.7 Å². The van der Waals surface area contributed by atoms with E-state index in [1.807, 2.05) is 32.9 Å². The third kappa shape index (κ3) is 1.91. The quantitative estimate of drug-likeness (QED) is 0.735. The molecule has 2 rings (SSSR count). The van der Waals surface area contributed by atoms with Crippen LogP contribution in [0.5, 0.6) is 0 Å². The normalized spacial score (nSPS) is 11.7. The van der Waals surface area contributed by atoms with Gasteiger partial charge in [0.1, 0.15) is 5.52 Å². The first-order valence-electron chi connectivity index (χ1n) is 5.12. The molecule has 0 fully saturated rings. The average Bonchev–Trinajstić information content (AvgIpc) is 2.61. The Morgan fingerprint density at radius 3 is 2.81 bits per heavy atom. The summed E-state index contributed by atoms with van der Waals surface area (Å²) in [6.45, 7) is 5.46. The number of carbonyl (C=O) groups is 1. The minimum absolute atomic E-state index is 0.270. The van der Waals surface area contributed by atoms with Crippen LogP contribution < -0.4 is 4.84 Å². The van der Waals surface area contributed by atoms with Crippen molar-refractivity contribution in [3.63, 3.8) is 0 Å². The van der Waals surface area contributed by atoms with Gasteiger partial charge in [-0.2, -0.15) is 4.73 Å². The van der Waals surface area contributed by atoms with Crippen LogP contribution in [0.4, 0.5) is 0 Å². The van der Waals surface area contributed by atoms with Crippen LogP contribution in [-0.4, -0.2) is 15.7 Å². The molecule has 0 amide bonds. The fourth-order valence-corrected chi connectivity index (χ4v) is 1.26. The Kier molecular flexibility index (Phi) is 2.42. The molecule has 0 unspecified atom stereocenters. The fraction of sp³-hybridized carbons (Fsp3) is 0.333. The zero-order valence-corrected chi connectivity index (χ0v) is 9.60. The number of nitrogens with zero attached hydrogens (tertiary/aromatic N) is 2. The third-order valence-corrected chi connectivity index (χ3v) is 2.25. The first kappa shape index (κ1) is 10.7. The summed E-state index contributed by atoms with van der Waals surface area (Å²) in [5.41, 5.74) is 0.277. The Morgan fingerprint density at radius 1 is 1.38 bits per heavy atom. The van der Waals surface area contributed by atoms with E-state index in [0.717, 1.165) is 10.9 Å². The molecule has 0 aliphatic carbocycles. The van der Waals surface area contributed by atoms with Crippen molar-refractivity contribution in [3.05, 3.63) is 30.7 Å². The molecule has 0 radical (unpaired) electrons. The maximum Gasteiger partial charge on any atom is 0.338 e. The second-order valence-electron chi connectivity index (χ2n) is 4.70. The maximum atomic E-state index is 11.7. The molecule has 0 N–H and O–H groups in total. The van der Waals surface area contributed by atoms with Crippen molar-refractivity contribution >= 4 is 16.9 Å². The smallest absolute Gasteiger partial charge is 0.336 e. The number of carbonyl (C=O) groups excluding carboxylic acids is 1. The van der Waals surface area contributed by atoms with Gasteiger partial charge in [-0.3, -0.25) is 4.98 Å². The molecular formula is C12H14N2O2. The average molecular weight is 218 g/mol. The van der Waals surface area contributed by atoms with Crippen LogP contribution in [-0.2, 0) is 4.79 Å². The molecule has 16 heavy (non-hydrogen) atoms. The predicted molar refractivity (Wildman–Crippen MR) is 60.8 cm³/mol. The summed E-state index contributed by atoms with van der Waals surface area (Å²) >= 11 is 0. The van der Waals surface area contributed by atoms with Gasteiger partial charge in [-0.1, -0.05) is 0 Å². The fourth-order valence-electron chi connectivity index (χ4n) is 1.26. The van der Waals surface area contributed by atoms with E-state index in [1.165, 1.54) is 4.73 Å². The Hall–Kier alpha value is -1.84. The first-order chi connectivity index (χ1) is 7.48. The van der Waals surface area contributed by atoms with E-state index >= 15 is 0 Å². The van der Waals surface area contributed by atoms with Crippen molar-refractivity contribution in [2.45, 2.75) is 20.8 Å². The van der Waals surface area contributed by atoms with Gasteiger partial charge in [0.2, 0.25) is 0 Å². The van der Waals surface area contributed by atoms with Crippen molar-refractivity contribution in [2.24, 2.45) is 5.41 Å². The standard InChI is InChI=1S/C12H14N2O2/c1-12(2,3)11(15)16-14-7-5-9-4-6-13-8-10(9)14/h4-8H,1-3H3. The van der Waals surface area contributed by atoms with E-state index < -0.39 is 5.41 Å². The van der Waals surface area contributed by atoms with Gasteiger partial charge in [-0.15, -0.1) is 0 Å². The summed E-state index contributed by atoms with van der Waals surface area (Å²) in [5, 5.41) is 0.997. The van der Waals surface area contributed by atoms with E-state index in [9.17, 15) is 4.79 Å². The Labute approximate surface area is 93.8 Å². The number of aromatic nitrogens is 2. The van der Waals surface area contributed by atoms with Gasteiger partial charge in [0.05, 0.1) is 11.6 Å². The Balaban J connectivity index is 2.32. The lowest BCUT2D eigenvalue weighted by molar-refractivity contribution is -0.152. The van der Waals surface area contributed by atoms with Crippen molar-refractivity contribution in [1.82, 2.24) is 9.71 Å². The molecule has 0 aromatic carbocycles. The van der Waals surface area contributed by atoms with Crippen molar-refractivity contribution in [3.8, 4) is 0 Å². The highest BCUT2D eigenvalue weighted by molar-refractivity contribution is 5.80. The summed E-state index contributed by atoms with van der Waals surface area (Å²) in [6.07, 6.45) is 5.10. The van der Waals surface area contributed by atoms with Crippen LogP contribution in [0.25, 0.3) is 10.9 Å². The van der Waals surface area contributed by atoms with Crippen LogP contribution in [0.1, 0.15) is 20.8 Å². The van der Waals surface area contributed by atoms with E-state index in [0.29, 0.717) is 0 Å². The van der Waals surface area contributed by atoms with Crippen LogP contribution in [0.3, 0.4) is 0 Å². The van der Waals surface area contributed by atoms with Gasteiger partial charge < -0.3 is 4.84 Å². The molecule has 2 aromatic rings. The molecule has 0 atom stereocenters. The topological polar surface area (TPSA) is 44.1 Å². The Morgan fingerprint density at radius 2 is 2.12 bits per heavy atom. The summed E-state index contributed by atoms with van der Waals surface area (Å²) < 4.78 is 1.45. The largest absolute Gasteiger partial charge is 0.338 e. The maximum absolute atomic E-state index is 11.7. The molecule has 2 heterocycles. The van der Waals surface area contributed by atoms with Gasteiger partial charge in [0.25, 0.3) is 0 Å². The number of fused-ring (bicyclic) bond motifs is 1. The molecule has 2 aromatic heterocycles. The number of rotatable bonds is 1. The molecule has 0 saturated carbocycles. The summed E-state index contributed by atoms with van der Waals surface area (Å²) in [4.78, 5) is 21.0. The molecule has 4 heteroatoms. The van der Waals surface area contributed by atoms with Gasteiger partial charge in [0.15, 0.2) is 0 Å². The van der Waals surface area contributed by atoms with E-state index in [1.54, 1.807) is 18.6 Å². The monoisotopic (exact) mass is 218 g/mol. The van der Waals surface area contributed by atoms with Crippen LogP contribution in [0.2, 0.25) is 0 Å². The summed E-state index contributed by atoms with van der Waals surface area (Å²) in [6, 6.07) is 3.75. The van der Waals surface area contributed by atoms with Gasteiger partial charge in [-0.25, -0.2) is 4.79 Å². The molecule has 0 bridgehead atoms. The van der Waals surface area contributed by atoms with E-state index in [4.69, 9.17) is 4.84 Å². The lowest BCUT2D eigenvalue weighted by atomic mass is 9.98.